The molecule has 0 aromatic carbocycles. The summed E-state index contributed by atoms with van der Waals surface area (Å²) in [4.78, 5) is 41.9. The number of hydrogen-bond acceptors (Lipinski definition) is 6. The van der Waals surface area contributed by atoms with Gasteiger partial charge in [-0.2, -0.15) is 0 Å². The SMILES string of the molecule is CC(C)[C@@H](C(=O)O)N(CCc1cn(C(=O)OC(C)(C)C)cn1)C(=O)OC(C)(C)C. The van der Waals surface area contributed by atoms with Gasteiger partial charge >= 0.3 is 18.2 Å². The molecule has 1 N–H and O–H groups in total. The minimum Gasteiger partial charge on any atom is -0.480 e. The molecule has 0 aliphatic heterocycles. The second-order valence-electron chi connectivity index (χ2n) is 9.20. The fourth-order valence-electron chi connectivity index (χ4n) is 2.59. The van der Waals surface area contributed by atoms with Crippen LogP contribution in [0.4, 0.5) is 9.59 Å². The zero-order valence-electron chi connectivity index (χ0n) is 18.6. The first-order chi connectivity index (χ1) is 13.1. The van der Waals surface area contributed by atoms with Gasteiger partial charge in [-0.1, -0.05) is 13.8 Å². The molecule has 9 heteroatoms. The van der Waals surface area contributed by atoms with Crippen molar-refractivity contribution in [3.8, 4) is 0 Å². The van der Waals surface area contributed by atoms with Gasteiger partial charge in [-0.05, 0) is 47.5 Å². The average Bonchev–Trinajstić information content (AvgIpc) is 2.95. The number of rotatable bonds is 6. The fraction of sp³-hybridized carbons (Fsp3) is 0.700. The first-order valence-corrected chi connectivity index (χ1v) is 9.59. The number of hydrogen-bond donors (Lipinski definition) is 1. The Morgan fingerprint density at radius 2 is 1.66 bits per heavy atom. The highest BCUT2D eigenvalue weighted by atomic mass is 16.6. The number of carboxylic acids is 1. The van der Waals surface area contributed by atoms with Gasteiger partial charge in [0.05, 0.1) is 5.69 Å². The van der Waals surface area contributed by atoms with Crippen molar-refractivity contribution >= 4 is 18.2 Å². The Hall–Kier alpha value is -2.58. The number of aromatic nitrogens is 2. The van der Waals surface area contributed by atoms with Gasteiger partial charge in [-0.25, -0.2) is 23.9 Å². The Balaban J connectivity index is 2.97. The highest BCUT2D eigenvalue weighted by Gasteiger charge is 2.35. The van der Waals surface area contributed by atoms with Gasteiger partial charge in [0.15, 0.2) is 0 Å². The maximum absolute atomic E-state index is 12.6. The molecule has 164 valence electrons. The van der Waals surface area contributed by atoms with Crippen LogP contribution in [0, 0.1) is 5.92 Å². The van der Waals surface area contributed by atoms with Gasteiger partial charge in [-0.15, -0.1) is 0 Å². The maximum atomic E-state index is 12.6. The molecule has 0 fully saturated rings. The Kier molecular flexibility index (Phi) is 7.83. The number of aliphatic carboxylic acids is 1. The van der Waals surface area contributed by atoms with Crippen molar-refractivity contribution in [2.24, 2.45) is 5.92 Å². The van der Waals surface area contributed by atoms with Gasteiger partial charge in [-0.3, -0.25) is 4.90 Å². The van der Waals surface area contributed by atoms with Crippen LogP contribution in [0.25, 0.3) is 0 Å². The van der Waals surface area contributed by atoms with Crippen molar-refractivity contribution in [2.75, 3.05) is 6.54 Å². The second-order valence-corrected chi connectivity index (χ2v) is 9.20. The van der Waals surface area contributed by atoms with Crippen molar-refractivity contribution in [2.45, 2.75) is 79.1 Å². The molecule has 1 aromatic heterocycles. The van der Waals surface area contributed by atoms with Gasteiger partial charge in [0, 0.05) is 19.2 Å². The molecule has 9 nitrogen and oxygen atoms in total. The molecule has 0 spiro atoms. The third-order valence-corrected chi connectivity index (χ3v) is 3.70. The minimum atomic E-state index is -1.11. The number of ether oxygens (including phenoxy) is 2. The third kappa shape index (κ3) is 8.13. The van der Waals surface area contributed by atoms with E-state index in [1.807, 2.05) is 0 Å². The van der Waals surface area contributed by atoms with E-state index in [9.17, 15) is 19.5 Å². The lowest BCUT2D eigenvalue weighted by atomic mass is 10.0. The Bertz CT molecular complexity index is 727. The number of amides is 1. The molecule has 1 aromatic rings. The lowest BCUT2D eigenvalue weighted by molar-refractivity contribution is -0.144. The zero-order chi connectivity index (χ0) is 22.6. The molecule has 29 heavy (non-hydrogen) atoms. The Morgan fingerprint density at radius 1 is 1.10 bits per heavy atom. The lowest BCUT2D eigenvalue weighted by Crippen LogP contribution is -2.50. The lowest BCUT2D eigenvalue weighted by Gasteiger charge is -2.33. The first kappa shape index (κ1) is 24.5. The van der Waals surface area contributed by atoms with E-state index in [0.29, 0.717) is 5.69 Å². The normalized spacial score (nSPS) is 13.1. The number of nitrogens with zero attached hydrogens (tertiary/aromatic N) is 3. The maximum Gasteiger partial charge on any atom is 0.419 e. The van der Waals surface area contributed by atoms with Crippen molar-refractivity contribution in [1.29, 1.82) is 0 Å². The summed E-state index contributed by atoms with van der Waals surface area (Å²) in [7, 11) is 0. The summed E-state index contributed by atoms with van der Waals surface area (Å²) in [5.74, 6) is -1.43. The molecule has 0 radical (unpaired) electrons. The van der Waals surface area contributed by atoms with Gasteiger partial charge in [0.2, 0.25) is 0 Å². The van der Waals surface area contributed by atoms with Crippen LogP contribution in [0.1, 0.15) is 61.1 Å². The van der Waals surface area contributed by atoms with Gasteiger partial charge in [0.25, 0.3) is 0 Å². The highest BCUT2D eigenvalue weighted by Crippen LogP contribution is 2.18. The summed E-state index contributed by atoms with van der Waals surface area (Å²) < 4.78 is 11.9. The van der Waals surface area contributed by atoms with Crippen LogP contribution in [0.5, 0.6) is 0 Å². The zero-order valence-corrected chi connectivity index (χ0v) is 18.6. The summed E-state index contributed by atoms with van der Waals surface area (Å²) in [5, 5.41) is 9.61. The quantitative estimate of drug-likeness (QED) is 0.762. The molecule has 0 aliphatic carbocycles. The second kappa shape index (κ2) is 9.28. The molecule has 0 saturated carbocycles. The molecule has 1 atom stereocenters. The molecular weight excluding hydrogens is 378 g/mol. The van der Waals surface area contributed by atoms with Crippen molar-refractivity contribution in [3.05, 3.63) is 18.2 Å². The van der Waals surface area contributed by atoms with E-state index < -0.39 is 35.4 Å². The third-order valence-electron chi connectivity index (χ3n) is 3.70. The number of carbonyl (C=O) groups excluding carboxylic acids is 2. The largest absolute Gasteiger partial charge is 0.480 e. The highest BCUT2D eigenvalue weighted by molar-refractivity contribution is 5.80. The van der Waals surface area contributed by atoms with E-state index >= 15 is 0 Å². The molecular formula is C20H33N3O6. The first-order valence-electron chi connectivity index (χ1n) is 9.59. The van der Waals surface area contributed by atoms with Gasteiger partial charge in [0.1, 0.15) is 23.6 Å². The van der Waals surface area contributed by atoms with E-state index in [4.69, 9.17) is 9.47 Å². The summed E-state index contributed by atoms with van der Waals surface area (Å²) in [6.07, 6.45) is 1.83. The molecule has 1 heterocycles. The summed E-state index contributed by atoms with van der Waals surface area (Å²) in [6.45, 7) is 14.0. The van der Waals surface area contributed by atoms with Crippen molar-refractivity contribution < 1.29 is 29.0 Å². The van der Waals surface area contributed by atoms with E-state index in [2.05, 4.69) is 4.98 Å². The van der Waals surface area contributed by atoms with Crippen LogP contribution >= 0.6 is 0 Å². The van der Waals surface area contributed by atoms with E-state index in [-0.39, 0.29) is 18.9 Å². The predicted octanol–water partition coefficient (Wildman–Crippen LogP) is 3.56. The van der Waals surface area contributed by atoms with Crippen molar-refractivity contribution in [3.63, 3.8) is 0 Å². The van der Waals surface area contributed by atoms with Crippen molar-refractivity contribution in [1.82, 2.24) is 14.5 Å². The molecule has 0 bridgehead atoms. The van der Waals surface area contributed by atoms with Crippen LogP contribution in [0.3, 0.4) is 0 Å². The van der Waals surface area contributed by atoms with Crippen LogP contribution in [-0.4, -0.2) is 61.5 Å². The Labute approximate surface area is 172 Å². The molecule has 0 unspecified atom stereocenters. The van der Waals surface area contributed by atoms with E-state index in [1.165, 1.54) is 22.0 Å². The molecule has 0 aliphatic rings. The van der Waals surface area contributed by atoms with Crippen LogP contribution in [0.15, 0.2) is 12.5 Å². The topological polar surface area (TPSA) is 111 Å². The van der Waals surface area contributed by atoms with Gasteiger partial charge < -0.3 is 14.6 Å². The monoisotopic (exact) mass is 411 g/mol. The number of imidazole rings is 1. The van der Waals surface area contributed by atoms with E-state index in [0.717, 1.165) is 0 Å². The van der Waals surface area contributed by atoms with Crippen LogP contribution in [0.2, 0.25) is 0 Å². The average molecular weight is 411 g/mol. The Morgan fingerprint density at radius 3 is 2.10 bits per heavy atom. The van der Waals surface area contributed by atoms with Crippen LogP contribution < -0.4 is 0 Å². The molecule has 1 amide bonds. The summed E-state index contributed by atoms with van der Waals surface area (Å²) in [5.41, 5.74) is -0.869. The number of carbonyl (C=O) groups is 3. The predicted molar refractivity (Wildman–Crippen MR) is 107 cm³/mol. The fourth-order valence-corrected chi connectivity index (χ4v) is 2.59. The smallest absolute Gasteiger partial charge is 0.419 e. The summed E-state index contributed by atoms with van der Waals surface area (Å²) in [6, 6.07) is -1.04. The molecule has 1 rings (SSSR count). The van der Waals surface area contributed by atoms with Crippen LogP contribution in [-0.2, 0) is 20.7 Å². The molecule has 0 saturated heterocycles. The number of carboxylic acid groups (broad SMARTS) is 1. The minimum absolute atomic E-state index is 0.0788. The summed E-state index contributed by atoms with van der Waals surface area (Å²) >= 11 is 0. The standard InChI is InChI=1S/C20H33N3O6/c1-13(2)15(16(24)25)23(18(27)29-20(6,7)8)10-9-14-11-22(12-21-14)17(26)28-19(3,4)5/h11-13,15H,9-10H2,1-8H3,(H,24,25)/t15-/m0/s1. The van der Waals surface area contributed by atoms with E-state index in [1.54, 1.807) is 55.4 Å².